The molecular weight excluding hydrogens is 371 g/mol. The van der Waals surface area contributed by atoms with Crippen LogP contribution < -0.4 is 15.8 Å². The molecule has 3 N–H and O–H groups in total. The van der Waals surface area contributed by atoms with Crippen LogP contribution in [0.3, 0.4) is 0 Å². The number of nitrogens with zero attached hydrogens (tertiary/aromatic N) is 2. The first-order chi connectivity index (χ1) is 13.1. The number of nitrogens with one attached hydrogen (secondary N) is 1. The summed E-state index contributed by atoms with van der Waals surface area (Å²) >= 11 is 5.83. The van der Waals surface area contributed by atoms with Gasteiger partial charge in [-0.2, -0.15) is 0 Å². The summed E-state index contributed by atoms with van der Waals surface area (Å²) in [5.41, 5.74) is 7.85. The minimum absolute atomic E-state index is 0.0267. The summed E-state index contributed by atoms with van der Waals surface area (Å²) in [6.07, 6.45) is 2.39. The number of aromatic nitrogens is 2. The van der Waals surface area contributed by atoms with Gasteiger partial charge in [-0.3, -0.25) is 0 Å². The zero-order valence-corrected chi connectivity index (χ0v) is 15.6. The normalized spacial score (nSPS) is 10.9. The van der Waals surface area contributed by atoms with Crippen LogP contribution in [0.15, 0.2) is 36.7 Å². The number of fused-ring (bicyclic) bond motifs is 1. The van der Waals surface area contributed by atoms with Crippen LogP contribution in [0, 0.1) is 5.82 Å². The number of benzene rings is 2. The average Bonchev–Trinajstić information content (AvgIpc) is 2.65. The van der Waals surface area contributed by atoms with Gasteiger partial charge in [-0.15, -0.1) is 0 Å². The molecule has 0 aliphatic carbocycles. The molecule has 0 radical (unpaired) electrons. The third-order valence-electron chi connectivity index (χ3n) is 3.78. The van der Waals surface area contributed by atoms with Crippen LogP contribution in [-0.4, -0.2) is 29.8 Å². The summed E-state index contributed by atoms with van der Waals surface area (Å²) in [4.78, 5) is 8.52. The van der Waals surface area contributed by atoms with E-state index in [1.54, 1.807) is 18.2 Å². The average molecular weight is 391 g/mol. The molecule has 6 nitrogen and oxygen atoms in total. The van der Waals surface area contributed by atoms with Crippen LogP contribution in [-0.2, 0) is 4.74 Å². The van der Waals surface area contributed by atoms with Crippen molar-refractivity contribution in [3.63, 3.8) is 0 Å². The molecule has 0 aliphatic rings. The van der Waals surface area contributed by atoms with Gasteiger partial charge in [0.15, 0.2) is 0 Å². The number of nitrogen functional groups attached to an aromatic ring is 1. The lowest BCUT2D eigenvalue weighted by Gasteiger charge is -2.13. The minimum atomic E-state index is -0.483. The van der Waals surface area contributed by atoms with Crippen molar-refractivity contribution in [3.05, 3.63) is 47.5 Å². The Labute approximate surface area is 161 Å². The highest BCUT2D eigenvalue weighted by molar-refractivity contribution is 6.31. The van der Waals surface area contributed by atoms with Crippen molar-refractivity contribution in [1.82, 2.24) is 9.97 Å². The predicted octanol–water partition coefficient (Wildman–Crippen LogP) is 4.55. The fourth-order valence-corrected chi connectivity index (χ4v) is 2.67. The highest BCUT2D eigenvalue weighted by atomic mass is 35.5. The van der Waals surface area contributed by atoms with E-state index in [0.717, 1.165) is 6.42 Å². The van der Waals surface area contributed by atoms with Gasteiger partial charge in [-0.25, -0.2) is 14.4 Å². The van der Waals surface area contributed by atoms with E-state index in [-0.39, 0.29) is 5.02 Å². The Balaban J connectivity index is 1.81. The van der Waals surface area contributed by atoms with Crippen LogP contribution in [0.25, 0.3) is 10.9 Å². The molecule has 0 atom stereocenters. The fourth-order valence-electron chi connectivity index (χ4n) is 2.49. The molecule has 0 amide bonds. The van der Waals surface area contributed by atoms with E-state index in [1.807, 2.05) is 6.92 Å². The van der Waals surface area contributed by atoms with Crippen LogP contribution in [0.5, 0.6) is 5.75 Å². The Morgan fingerprint density at radius 2 is 2.00 bits per heavy atom. The SMILES string of the molecule is CCCOCCOc1cc2ncnc(Nc3ccc(F)c(Cl)c3)c2cc1N. The van der Waals surface area contributed by atoms with Crippen molar-refractivity contribution in [2.24, 2.45) is 0 Å². The summed E-state index contributed by atoms with van der Waals surface area (Å²) < 4.78 is 24.4. The standard InChI is InChI=1S/C19H20ClFN4O2/c1-2-5-26-6-7-27-18-10-17-13(9-16(18)22)19(24-11-23-17)25-12-3-4-15(21)14(20)8-12/h3-4,8-11H,2,5-7,22H2,1H3,(H,23,24,25). The Kier molecular flexibility index (Phi) is 6.26. The van der Waals surface area contributed by atoms with E-state index < -0.39 is 5.82 Å². The zero-order chi connectivity index (χ0) is 19.2. The molecule has 27 heavy (non-hydrogen) atoms. The van der Waals surface area contributed by atoms with Gasteiger partial charge in [0.05, 0.1) is 22.8 Å². The maximum atomic E-state index is 13.3. The topological polar surface area (TPSA) is 82.3 Å². The molecule has 142 valence electrons. The number of rotatable bonds is 8. The first-order valence-electron chi connectivity index (χ1n) is 8.55. The summed E-state index contributed by atoms with van der Waals surface area (Å²) in [5, 5.41) is 3.85. The number of ether oxygens (including phenoxy) is 2. The van der Waals surface area contributed by atoms with Crippen molar-refractivity contribution < 1.29 is 13.9 Å². The molecule has 0 bridgehead atoms. The minimum Gasteiger partial charge on any atom is -0.489 e. The van der Waals surface area contributed by atoms with Crippen LogP contribution in [0.2, 0.25) is 5.02 Å². The number of nitrogens with two attached hydrogens (primary N) is 1. The molecule has 0 spiro atoms. The summed E-state index contributed by atoms with van der Waals surface area (Å²) in [7, 11) is 0. The first kappa shape index (κ1) is 19.1. The fraction of sp³-hybridized carbons (Fsp3) is 0.263. The van der Waals surface area contributed by atoms with Gasteiger partial charge in [-0.05, 0) is 30.7 Å². The molecule has 3 aromatic rings. The molecular formula is C19H20ClFN4O2. The highest BCUT2D eigenvalue weighted by Gasteiger charge is 2.10. The van der Waals surface area contributed by atoms with E-state index in [9.17, 15) is 4.39 Å². The lowest BCUT2D eigenvalue weighted by Crippen LogP contribution is -2.08. The first-order valence-corrected chi connectivity index (χ1v) is 8.93. The van der Waals surface area contributed by atoms with Crippen molar-refractivity contribution in [3.8, 4) is 5.75 Å². The smallest absolute Gasteiger partial charge is 0.144 e. The highest BCUT2D eigenvalue weighted by Crippen LogP contribution is 2.32. The molecule has 0 saturated heterocycles. The van der Waals surface area contributed by atoms with Crippen molar-refractivity contribution in [2.75, 3.05) is 30.9 Å². The van der Waals surface area contributed by atoms with Gasteiger partial charge >= 0.3 is 0 Å². The summed E-state index contributed by atoms with van der Waals surface area (Å²) in [6.45, 7) is 3.65. The van der Waals surface area contributed by atoms with Gasteiger partial charge in [0.2, 0.25) is 0 Å². The Bertz CT molecular complexity index is 939. The Morgan fingerprint density at radius 3 is 2.78 bits per heavy atom. The molecule has 8 heteroatoms. The van der Waals surface area contributed by atoms with E-state index in [4.69, 9.17) is 26.8 Å². The van der Waals surface area contributed by atoms with Gasteiger partial charge in [0, 0.05) is 23.7 Å². The second kappa shape index (κ2) is 8.83. The van der Waals surface area contributed by atoms with Crippen LogP contribution in [0.1, 0.15) is 13.3 Å². The molecule has 0 aliphatic heterocycles. The molecule has 0 fully saturated rings. The molecule has 1 aromatic heterocycles. The third-order valence-corrected chi connectivity index (χ3v) is 4.07. The quantitative estimate of drug-likeness (QED) is 0.433. The number of halogens is 2. The number of hydrogen-bond acceptors (Lipinski definition) is 6. The lowest BCUT2D eigenvalue weighted by molar-refractivity contribution is 0.101. The van der Waals surface area contributed by atoms with E-state index >= 15 is 0 Å². The maximum absolute atomic E-state index is 13.3. The molecule has 0 unspecified atom stereocenters. The van der Waals surface area contributed by atoms with E-state index in [1.165, 1.54) is 18.5 Å². The number of anilines is 3. The van der Waals surface area contributed by atoms with Crippen molar-refractivity contribution in [1.29, 1.82) is 0 Å². The summed E-state index contributed by atoms with van der Waals surface area (Å²) in [6, 6.07) is 7.85. The predicted molar refractivity (Wildman–Crippen MR) is 105 cm³/mol. The van der Waals surface area contributed by atoms with Crippen LogP contribution >= 0.6 is 11.6 Å². The molecule has 1 heterocycles. The second-order valence-electron chi connectivity index (χ2n) is 5.84. The Hall–Kier alpha value is -2.64. The molecule has 2 aromatic carbocycles. The van der Waals surface area contributed by atoms with E-state index in [0.29, 0.717) is 53.7 Å². The van der Waals surface area contributed by atoms with Crippen LogP contribution in [0.4, 0.5) is 21.6 Å². The van der Waals surface area contributed by atoms with Crippen molar-refractivity contribution in [2.45, 2.75) is 13.3 Å². The molecule has 3 rings (SSSR count). The van der Waals surface area contributed by atoms with Crippen molar-refractivity contribution >= 4 is 39.7 Å². The monoisotopic (exact) mass is 390 g/mol. The van der Waals surface area contributed by atoms with Gasteiger partial charge in [-0.1, -0.05) is 18.5 Å². The van der Waals surface area contributed by atoms with Gasteiger partial charge < -0.3 is 20.5 Å². The summed E-state index contributed by atoms with van der Waals surface area (Å²) in [5.74, 6) is 0.591. The van der Waals surface area contributed by atoms with E-state index in [2.05, 4.69) is 15.3 Å². The Morgan fingerprint density at radius 1 is 1.15 bits per heavy atom. The number of hydrogen-bond donors (Lipinski definition) is 2. The lowest BCUT2D eigenvalue weighted by atomic mass is 10.2. The third kappa shape index (κ3) is 4.75. The second-order valence-corrected chi connectivity index (χ2v) is 6.25. The molecule has 0 saturated carbocycles. The maximum Gasteiger partial charge on any atom is 0.144 e. The zero-order valence-electron chi connectivity index (χ0n) is 14.8. The van der Waals surface area contributed by atoms with Gasteiger partial charge in [0.25, 0.3) is 0 Å². The van der Waals surface area contributed by atoms with Gasteiger partial charge in [0.1, 0.15) is 30.3 Å². The largest absolute Gasteiger partial charge is 0.489 e.